The number of nitrogens with one attached hydrogen (secondary N) is 1. The van der Waals surface area contributed by atoms with Crippen LogP contribution in [0.4, 0.5) is 0 Å². The summed E-state index contributed by atoms with van der Waals surface area (Å²) in [5, 5.41) is 3.17. The van der Waals surface area contributed by atoms with Gasteiger partial charge in [-0.25, -0.2) is 0 Å². The summed E-state index contributed by atoms with van der Waals surface area (Å²) in [6.45, 7) is 6.51. The maximum atomic E-state index is 5.63. The van der Waals surface area contributed by atoms with Crippen LogP contribution in [0, 0.1) is 11.8 Å². The fourth-order valence-corrected chi connectivity index (χ4v) is 1.32. The van der Waals surface area contributed by atoms with Crippen LogP contribution in [0.1, 0.15) is 13.8 Å². The first-order chi connectivity index (χ1) is 8.38. The molecule has 1 aromatic rings. The van der Waals surface area contributed by atoms with Crippen LogP contribution in [0.15, 0.2) is 24.3 Å². The summed E-state index contributed by atoms with van der Waals surface area (Å²) in [7, 11) is 0. The summed E-state index contributed by atoms with van der Waals surface area (Å²) in [5.74, 6) is 7.35. The molecule has 0 amide bonds. The summed E-state index contributed by atoms with van der Waals surface area (Å²) in [6, 6.07) is 7.70. The van der Waals surface area contributed by atoms with Gasteiger partial charge in [0.25, 0.3) is 0 Å². The third kappa shape index (κ3) is 5.28. The molecule has 1 rings (SSSR count). The molecule has 0 aromatic heterocycles. The zero-order valence-electron chi connectivity index (χ0n) is 10.5. The van der Waals surface area contributed by atoms with E-state index in [0.717, 1.165) is 18.0 Å². The van der Waals surface area contributed by atoms with Gasteiger partial charge in [-0.05, 0) is 26.0 Å². The molecular weight excluding hydrogens is 214 g/mol. The molecule has 0 fully saturated rings. The Morgan fingerprint density at radius 1 is 1.18 bits per heavy atom. The van der Waals surface area contributed by atoms with E-state index in [9.17, 15) is 0 Å². The van der Waals surface area contributed by atoms with Crippen LogP contribution in [0.3, 0.4) is 0 Å². The molecule has 3 nitrogen and oxygen atoms in total. The second-order valence-corrected chi connectivity index (χ2v) is 3.33. The van der Waals surface area contributed by atoms with Gasteiger partial charge in [0.15, 0.2) is 11.5 Å². The van der Waals surface area contributed by atoms with Gasteiger partial charge in [-0.3, -0.25) is 0 Å². The second kappa shape index (κ2) is 8.49. The number of benzene rings is 1. The highest BCUT2D eigenvalue weighted by Gasteiger charge is 2.02. The van der Waals surface area contributed by atoms with Crippen LogP contribution < -0.4 is 14.8 Å². The molecule has 0 radical (unpaired) electrons. The van der Waals surface area contributed by atoms with E-state index in [4.69, 9.17) is 9.47 Å². The largest absolute Gasteiger partial charge is 0.490 e. The second-order valence-electron chi connectivity index (χ2n) is 3.33. The Morgan fingerprint density at radius 2 is 1.88 bits per heavy atom. The first-order valence-corrected chi connectivity index (χ1v) is 5.83. The highest BCUT2D eigenvalue weighted by molar-refractivity contribution is 5.39. The standard InChI is InChI=1S/C14H19NO2/c1-3-5-10-15-11-12-17-14-9-7-6-8-13(14)16-4-2/h6-9,15H,4,10-12H2,1-2H3. The van der Waals surface area contributed by atoms with E-state index in [0.29, 0.717) is 19.8 Å². The fourth-order valence-electron chi connectivity index (χ4n) is 1.32. The Kier molecular flexibility index (Phi) is 6.69. The van der Waals surface area contributed by atoms with Crippen molar-refractivity contribution in [1.29, 1.82) is 0 Å². The van der Waals surface area contributed by atoms with Gasteiger partial charge in [-0.2, -0.15) is 0 Å². The van der Waals surface area contributed by atoms with Crippen LogP contribution in [0.5, 0.6) is 11.5 Å². The molecule has 0 aliphatic carbocycles. The lowest BCUT2D eigenvalue weighted by Gasteiger charge is -2.11. The van der Waals surface area contributed by atoms with Crippen molar-refractivity contribution >= 4 is 0 Å². The molecule has 3 heteroatoms. The predicted molar refractivity (Wildman–Crippen MR) is 69.4 cm³/mol. The average molecular weight is 233 g/mol. The van der Waals surface area contributed by atoms with Crippen LogP contribution >= 0.6 is 0 Å². The van der Waals surface area contributed by atoms with E-state index < -0.39 is 0 Å². The highest BCUT2D eigenvalue weighted by atomic mass is 16.5. The van der Waals surface area contributed by atoms with Crippen LogP contribution in [-0.4, -0.2) is 26.3 Å². The van der Waals surface area contributed by atoms with Gasteiger partial charge in [0, 0.05) is 6.54 Å². The Balaban J connectivity index is 2.32. The lowest BCUT2D eigenvalue weighted by Crippen LogP contribution is -2.21. The summed E-state index contributed by atoms with van der Waals surface area (Å²) in [6.07, 6.45) is 0. The quantitative estimate of drug-likeness (QED) is 0.578. The molecule has 0 saturated carbocycles. The third-order valence-electron chi connectivity index (χ3n) is 2.08. The fraction of sp³-hybridized carbons (Fsp3) is 0.429. The number of para-hydroxylation sites is 2. The highest BCUT2D eigenvalue weighted by Crippen LogP contribution is 2.25. The first-order valence-electron chi connectivity index (χ1n) is 5.83. The molecule has 0 spiro atoms. The summed E-state index contributed by atoms with van der Waals surface area (Å²) in [5.41, 5.74) is 0. The lowest BCUT2D eigenvalue weighted by atomic mass is 10.3. The Morgan fingerprint density at radius 3 is 2.53 bits per heavy atom. The summed E-state index contributed by atoms with van der Waals surface area (Å²) >= 11 is 0. The SMILES string of the molecule is CC#CCNCCOc1ccccc1OCC. The zero-order chi connectivity index (χ0) is 12.3. The molecule has 0 unspecified atom stereocenters. The van der Waals surface area contributed by atoms with Crippen LogP contribution in [0.25, 0.3) is 0 Å². The van der Waals surface area contributed by atoms with Crippen molar-refractivity contribution in [2.75, 3.05) is 26.3 Å². The van der Waals surface area contributed by atoms with E-state index in [1.807, 2.05) is 38.1 Å². The van der Waals surface area contributed by atoms with Crippen molar-refractivity contribution in [3.63, 3.8) is 0 Å². The van der Waals surface area contributed by atoms with E-state index in [1.54, 1.807) is 0 Å². The molecule has 1 N–H and O–H groups in total. The Bertz CT molecular complexity index is 379. The minimum Gasteiger partial charge on any atom is -0.490 e. The van der Waals surface area contributed by atoms with Crippen molar-refractivity contribution in [3.05, 3.63) is 24.3 Å². The minimum atomic E-state index is 0.607. The maximum Gasteiger partial charge on any atom is 0.161 e. The lowest BCUT2D eigenvalue weighted by molar-refractivity contribution is 0.277. The molecule has 0 aliphatic rings. The normalized spacial score (nSPS) is 9.29. The monoisotopic (exact) mass is 233 g/mol. The molecule has 17 heavy (non-hydrogen) atoms. The van der Waals surface area contributed by atoms with Crippen LogP contribution in [-0.2, 0) is 0 Å². The molecule has 92 valence electrons. The summed E-state index contributed by atoms with van der Waals surface area (Å²) in [4.78, 5) is 0. The molecule has 0 saturated heterocycles. The molecule has 0 aliphatic heterocycles. The van der Waals surface area contributed by atoms with E-state index >= 15 is 0 Å². The van der Waals surface area contributed by atoms with Gasteiger partial charge in [0.05, 0.1) is 13.2 Å². The number of rotatable bonds is 7. The van der Waals surface area contributed by atoms with Gasteiger partial charge < -0.3 is 14.8 Å². The molecule has 1 aromatic carbocycles. The van der Waals surface area contributed by atoms with E-state index in [-0.39, 0.29) is 0 Å². The van der Waals surface area contributed by atoms with E-state index in [2.05, 4.69) is 17.2 Å². The summed E-state index contributed by atoms with van der Waals surface area (Å²) < 4.78 is 11.1. The van der Waals surface area contributed by atoms with Crippen molar-refractivity contribution in [3.8, 4) is 23.3 Å². The maximum absolute atomic E-state index is 5.63. The van der Waals surface area contributed by atoms with Crippen LogP contribution in [0.2, 0.25) is 0 Å². The van der Waals surface area contributed by atoms with Gasteiger partial charge >= 0.3 is 0 Å². The van der Waals surface area contributed by atoms with E-state index in [1.165, 1.54) is 0 Å². The number of hydrogen-bond donors (Lipinski definition) is 1. The van der Waals surface area contributed by atoms with Gasteiger partial charge in [-0.15, -0.1) is 5.92 Å². The smallest absolute Gasteiger partial charge is 0.161 e. The zero-order valence-corrected chi connectivity index (χ0v) is 10.5. The topological polar surface area (TPSA) is 30.5 Å². The molecular formula is C14H19NO2. The van der Waals surface area contributed by atoms with Gasteiger partial charge in [-0.1, -0.05) is 18.1 Å². The minimum absolute atomic E-state index is 0.607. The average Bonchev–Trinajstić information content (AvgIpc) is 2.36. The number of ether oxygens (including phenoxy) is 2. The van der Waals surface area contributed by atoms with Crippen molar-refractivity contribution in [2.45, 2.75) is 13.8 Å². The number of hydrogen-bond acceptors (Lipinski definition) is 3. The first kappa shape index (κ1) is 13.4. The molecule has 0 atom stereocenters. The molecule has 0 bridgehead atoms. The third-order valence-corrected chi connectivity index (χ3v) is 2.08. The molecule has 0 heterocycles. The Labute approximate surface area is 103 Å². The van der Waals surface area contributed by atoms with Crippen molar-refractivity contribution in [1.82, 2.24) is 5.32 Å². The van der Waals surface area contributed by atoms with Crippen molar-refractivity contribution in [2.24, 2.45) is 0 Å². The predicted octanol–water partition coefficient (Wildman–Crippen LogP) is 2.08. The van der Waals surface area contributed by atoms with Crippen molar-refractivity contribution < 1.29 is 9.47 Å². The van der Waals surface area contributed by atoms with Gasteiger partial charge in [0.2, 0.25) is 0 Å². The Hall–Kier alpha value is -1.66. The van der Waals surface area contributed by atoms with Gasteiger partial charge in [0.1, 0.15) is 6.61 Å².